The lowest BCUT2D eigenvalue weighted by Gasteiger charge is -2.35. The fourth-order valence-corrected chi connectivity index (χ4v) is 4.18. The Morgan fingerprint density at radius 1 is 1.04 bits per heavy atom. The molecular formula is C23H27N3O2. The molecule has 4 rings (SSSR count). The molecule has 0 radical (unpaired) electrons. The third kappa shape index (κ3) is 4.03. The zero-order valence-electron chi connectivity index (χ0n) is 16.5. The summed E-state index contributed by atoms with van der Waals surface area (Å²) < 4.78 is 7.92. The van der Waals surface area contributed by atoms with Crippen LogP contribution in [-0.4, -0.2) is 33.4 Å². The number of para-hydroxylation sites is 3. The van der Waals surface area contributed by atoms with Crippen LogP contribution < -0.4 is 4.74 Å². The Morgan fingerprint density at radius 2 is 1.71 bits per heavy atom. The monoisotopic (exact) mass is 377 g/mol. The summed E-state index contributed by atoms with van der Waals surface area (Å²) in [6, 6.07) is 17.7. The molecule has 0 aliphatic carbocycles. The van der Waals surface area contributed by atoms with Crippen LogP contribution in [-0.2, 0) is 17.9 Å². The molecule has 0 saturated carbocycles. The van der Waals surface area contributed by atoms with Gasteiger partial charge in [-0.3, -0.25) is 4.79 Å². The molecule has 0 bridgehead atoms. The standard InChI is InChI=1S/C23H27N3O2/c1-17-12-18(2)14-25(13-17)23(27)15-26-21-11-7-6-10-20(21)24-22(26)16-28-19-8-4-3-5-9-19/h3-11,17-18H,12-16H2,1-2H3/t17-,18+. The second kappa shape index (κ2) is 8.05. The van der Waals surface area contributed by atoms with E-state index in [1.54, 1.807) is 0 Å². The van der Waals surface area contributed by atoms with Gasteiger partial charge in [0.25, 0.3) is 0 Å². The molecule has 2 atom stereocenters. The molecule has 28 heavy (non-hydrogen) atoms. The summed E-state index contributed by atoms with van der Waals surface area (Å²) in [5.74, 6) is 2.83. The van der Waals surface area contributed by atoms with Crippen LogP contribution in [0.2, 0.25) is 0 Å². The summed E-state index contributed by atoms with van der Waals surface area (Å²) in [4.78, 5) is 19.8. The predicted molar refractivity (Wildman–Crippen MR) is 110 cm³/mol. The van der Waals surface area contributed by atoms with E-state index in [1.807, 2.05) is 64.1 Å². The molecule has 1 aliphatic rings. The number of amides is 1. The molecule has 1 saturated heterocycles. The second-order valence-corrected chi connectivity index (χ2v) is 7.95. The molecule has 0 N–H and O–H groups in total. The van der Waals surface area contributed by atoms with Gasteiger partial charge < -0.3 is 14.2 Å². The van der Waals surface area contributed by atoms with Gasteiger partial charge in [0.1, 0.15) is 24.7 Å². The number of hydrogen-bond donors (Lipinski definition) is 0. The molecule has 3 aromatic rings. The van der Waals surface area contributed by atoms with Crippen LogP contribution in [0.4, 0.5) is 0 Å². The minimum Gasteiger partial charge on any atom is -0.486 e. The van der Waals surface area contributed by atoms with Gasteiger partial charge in [-0.05, 0) is 42.5 Å². The summed E-state index contributed by atoms with van der Waals surface area (Å²) >= 11 is 0. The van der Waals surface area contributed by atoms with E-state index in [0.717, 1.165) is 35.7 Å². The Balaban J connectivity index is 1.57. The second-order valence-electron chi connectivity index (χ2n) is 7.95. The molecule has 0 spiro atoms. The molecule has 146 valence electrons. The number of imidazole rings is 1. The first kappa shape index (κ1) is 18.5. The van der Waals surface area contributed by atoms with Crippen LogP contribution in [0.5, 0.6) is 5.75 Å². The SMILES string of the molecule is C[C@@H]1C[C@H](C)CN(C(=O)Cn2c(COc3ccccc3)nc3ccccc32)C1. The minimum absolute atomic E-state index is 0.155. The maximum Gasteiger partial charge on any atom is 0.242 e. The van der Waals surface area contributed by atoms with Gasteiger partial charge in [0.2, 0.25) is 5.91 Å². The highest BCUT2D eigenvalue weighted by Gasteiger charge is 2.26. The van der Waals surface area contributed by atoms with Crippen molar-refractivity contribution in [2.24, 2.45) is 11.8 Å². The number of likely N-dealkylation sites (tertiary alicyclic amines) is 1. The average molecular weight is 377 g/mol. The first-order valence-electron chi connectivity index (χ1n) is 10.00. The third-order valence-electron chi connectivity index (χ3n) is 5.36. The largest absolute Gasteiger partial charge is 0.486 e. The average Bonchev–Trinajstić information content (AvgIpc) is 3.04. The first-order valence-corrected chi connectivity index (χ1v) is 10.00. The Morgan fingerprint density at radius 3 is 2.46 bits per heavy atom. The molecule has 2 aromatic carbocycles. The lowest BCUT2D eigenvalue weighted by Crippen LogP contribution is -2.44. The zero-order chi connectivity index (χ0) is 19.5. The fraction of sp³-hybridized carbons (Fsp3) is 0.391. The van der Waals surface area contributed by atoms with Crippen molar-refractivity contribution in [1.29, 1.82) is 0 Å². The van der Waals surface area contributed by atoms with Gasteiger partial charge in [0.15, 0.2) is 0 Å². The van der Waals surface area contributed by atoms with Crippen molar-refractivity contribution in [3.8, 4) is 5.75 Å². The van der Waals surface area contributed by atoms with Crippen LogP contribution >= 0.6 is 0 Å². The number of hydrogen-bond acceptors (Lipinski definition) is 3. The van der Waals surface area contributed by atoms with Crippen molar-refractivity contribution in [1.82, 2.24) is 14.5 Å². The molecule has 1 fully saturated rings. The normalized spacial score (nSPS) is 19.7. The van der Waals surface area contributed by atoms with Gasteiger partial charge in [-0.15, -0.1) is 0 Å². The van der Waals surface area contributed by atoms with Crippen molar-refractivity contribution >= 4 is 16.9 Å². The summed E-state index contributed by atoms with van der Waals surface area (Å²) in [7, 11) is 0. The summed E-state index contributed by atoms with van der Waals surface area (Å²) in [5, 5.41) is 0. The van der Waals surface area contributed by atoms with Crippen molar-refractivity contribution in [2.45, 2.75) is 33.4 Å². The first-order chi connectivity index (χ1) is 13.6. The minimum atomic E-state index is 0.155. The molecule has 5 heteroatoms. The van der Waals surface area contributed by atoms with E-state index in [9.17, 15) is 4.79 Å². The Labute approximate surface area is 165 Å². The van der Waals surface area contributed by atoms with Gasteiger partial charge in [0, 0.05) is 13.1 Å². The van der Waals surface area contributed by atoms with E-state index in [2.05, 4.69) is 13.8 Å². The molecular weight excluding hydrogens is 350 g/mol. The lowest BCUT2D eigenvalue weighted by atomic mass is 9.92. The van der Waals surface area contributed by atoms with Crippen molar-refractivity contribution in [2.75, 3.05) is 13.1 Å². The summed E-state index contributed by atoms with van der Waals surface area (Å²) in [6.45, 7) is 6.76. The molecule has 1 amide bonds. The maximum absolute atomic E-state index is 13.1. The highest BCUT2D eigenvalue weighted by atomic mass is 16.5. The third-order valence-corrected chi connectivity index (χ3v) is 5.36. The van der Waals surface area contributed by atoms with E-state index in [-0.39, 0.29) is 5.91 Å². The van der Waals surface area contributed by atoms with Gasteiger partial charge in [-0.2, -0.15) is 0 Å². The van der Waals surface area contributed by atoms with Crippen LogP contribution in [0.1, 0.15) is 26.1 Å². The van der Waals surface area contributed by atoms with E-state index in [4.69, 9.17) is 9.72 Å². The number of carbonyl (C=O) groups excluding carboxylic acids is 1. The number of piperidine rings is 1. The molecule has 5 nitrogen and oxygen atoms in total. The highest BCUT2D eigenvalue weighted by Crippen LogP contribution is 2.23. The topological polar surface area (TPSA) is 47.4 Å². The van der Waals surface area contributed by atoms with Crippen molar-refractivity contribution in [3.05, 3.63) is 60.4 Å². The van der Waals surface area contributed by atoms with Gasteiger partial charge >= 0.3 is 0 Å². The smallest absolute Gasteiger partial charge is 0.242 e. The molecule has 1 aromatic heterocycles. The van der Waals surface area contributed by atoms with E-state index < -0.39 is 0 Å². The van der Waals surface area contributed by atoms with Gasteiger partial charge in [-0.1, -0.05) is 44.2 Å². The number of carbonyl (C=O) groups is 1. The summed E-state index contributed by atoms with van der Waals surface area (Å²) in [6.07, 6.45) is 1.19. The number of rotatable bonds is 5. The zero-order valence-corrected chi connectivity index (χ0v) is 16.5. The number of nitrogens with zero attached hydrogens (tertiary/aromatic N) is 3. The molecule has 2 heterocycles. The van der Waals surface area contributed by atoms with E-state index >= 15 is 0 Å². The van der Waals surface area contributed by atoms with Crippen LogP contribution in [0.15, 0.2) is 54.6 Å². The number of benzene rings is 2. The van der Waals surface area contributed by atoms with Crippen LogP contribution in [0.25, 0.3) is 11.0 Å². The maximum atomic E-state index is 13.1. The number of aromatic nitrogens is 2. The Bertz CT molecular complexity index is 941. The predicted octanol–water partition coefficient (Wildman–Crippen LogP) is 4.12. The Hall–Kier alpha value is -2.82. The van der Waals surface area contributed by atoms with E-state index in [1.165, 1.54) is 6.42 Å². The molecule has 1 aliphatic heterocycles. The van der Waals surface area contributed by atoms with Crippen LogP contribution in [0, 0.1) is 11.8 Å². The number of ether oxygens (including phenoxy) is 1. The quantitative estimate of drug-likeness (QED) is 0.672. The number of fused-ring (bicyclic) bond motifs is 1. The van der Waals surface area contributed by atoms with E-state index in [0.29, 0.717) is 25.0 Å². The fourth-order valence-electron chi connectivity index (χ4n) is 4.18. The highest BCUT2D eigenvalue weighted by molar-refractivity contribution is 5.81. The summed E-state index contributed by atoms with van der Waals surface area (Å²) in [5.41, 5.74) is 1.86. The van der Waals surface area contributed by atoms with Crippen LogP contribution in [0.3, 0.4) is 0 Å². The lowest BCUT2D eigenvalue weighted by molar-refractivity contribution is -0.134. The van der Waals surface area contributed by atoms with Crippen molar-refractivity contribution < 1.29 is 9.53 Å². The van der Waals surface area contributed by atoms with Crippen molar-refractivity contribution in [3.63, 3.8) is 0 Å². The Kier molecular flexibility index (Phi) is 5.33. The van der Waals surface area contributed by atoms with Gasteiger partial charge in [0.05, 0.1) is 11.0 Å². The van der Waals surface area contributed by atoms with Gasteiger partial charge in [-0.25, -0.2) is 4.98 Å². The molecule has 0 unspecified atom stereocenters.